The van der Waals surface area contributed by atoms with Gasteiger partial charge in [-0.05, 0) is 96.7 Å². The molecule has 0 bridgehead atoms. The van der Waals surface area contributed by atoms with E-state index >= 15 is 0 Å². The summed E-state index contributed by atoms with van der Waals surface area (Å²) >= 11 is 0. The van der Waals surface area contributed by atoms with E-state index < -0.39 is 6.10 Å². The molecule has 8 heteroatoms. The average molecular weight is 861 g/mol. The number of aliphatic hydroxyl groups is 1. The Morgan fingerprint density at radius 3 is 1.75 bits per heavy atom. The van der Waals surface area contributed by atoms with Crippen LogP contribution in [0, 0.1) is 10.8 Å². The van der Waals surface area contributed by atoms with E-state index in [4.69, 9.17) is 9.97 Å². The minimum absolute atomic E-state index is 0. The average Bonchev–Trinajstić information content (AvgIpc) is 3.28. The molecule has 4 aromatic carbocycles. The first-order valence-electron chi connectivity index (χ1n) is 22.3. The van der Waals surface area contributed by atoms with Crippen molar-refractivity contribution in [1.82, 2.24) is 19.9 Å². The lowest BCUT2D eigenvalue weighted by atomic mass is 9.87. The molecule has 0 radical (unpaired) electrons. The number of allylic oxidation sites excluding steroid dienone is 2. The highest BCUT2D eigenvalue weighted by Crippen LogP contribution is 2.33. The maximum absolute atomic E-state index is 13.0. The number of hydrogen-bond acceptors (Lipinski definition) is 8. The van der Waals surface area contributed by atoms with Crippen LogP contribution in [0.3, 0.4) is 0 Å². The number of benzene rings is 4. The molecule has 0 aliphatic heterocycles. The topological polar surface area (TPSA) is 123 Å². The number of aliphatic hydroxyl groups excluding tert-OH is 1. The lowest BCUT2D eigenvalue weighted by Crippen LogP contribution is -2.22. The van der Waals surface area contributed by atoms with E-state index in [9.17, 15) is 19.5 Å². The maximum Gasteiger partial charge on any atom is 0.193 e. The highest BCUT2D eigenvalue weighted by Gasteiger charge is 2.23. The first-order valence-corrected chi connectivity index (χ1v) is 22.3. The summed E-state index contributed by atoms with van der Waals surface area (Å²) in [5.41, 5.74) is 10.4. The Kier molecular flexibility index (Phi) is 16.4. The van der Waals surface area contributed by atoms with Gasteiger partial charge in [0.25, 0.3) is 0 Å². The van der Waals surface area contributed by atoms with Crippen LogP contribution in [0.25, 0.3) is 27.6 Å². The predicted molar refractivity (Wildman–Crippen MR) is 262 cm³/mol. The zero-order valence-electron chi connectivity index (χ0n) is 37.2. The van der Waals surface area contributed by atoms with Crippen LogP contribution in [0.15, 0.2) is 103 Å². The van der Waals surface area contributed by atoms with Crippen molar-refractivity contribution in [3.63, 3.8) is 0 Å². The van der Waals surface area contributed by atoms with Gasteiger partial charge in [-0.25, -0.2) is 9.97 Å². The second kappa shape index (κ2) is 21.3. The second-order valence-electron chi connectivity index (χ2n) is 19.2. The second-order valence-corrected chi connectivity index (χ2v) is 19.2. The van der Waals surface area contributed by atoms with E-state index in [2.05, 4.69) is 16.0 Å². The van der Waals surface area contributed by atoms with Crippen LogP contribution in [0.2, 0.25) is 0 Å². The fourth-order valence-electron chi connectivity index (χ4n) is 8.04. The fraction of sp³-hybridized carbons (Fsp3) is 0.411. The van der Waals surface area contributed by atoms with Crippen LogP contribution < -0.4 is 0 Å². The number of ketones is 3. The highest BCUT2D eigenvalue weighted by molar-refractivity contribution is 6.10. The molecule has 0 saturated heterocycles. The van der Waals surface area contributed by atoms with Gasteiger partial charge in [0.05, 0.1) is 39.7 Å². The van der Waals surface area contributed by atoms with Gasteiger partial charge in [0, 0.05) is 46.9 Å². The Morgan fingerprint density at radius 2 is 1.16 bits per heavy atom. The van der Waals surface area contributed by atoms with E-state index in [1.807, 2.05) is 121 Å². The van der Waals surface area contributed by atoms with Gasteiger partial charge < -0.3 is 5.11 Å². The number of fused-ring (bicyclic) bond motifs is 2. The number of carbonyl (C=O) groups is 3. The first-order chi connectivity index (χ1) is 29.6. The van der Waals surface area contributed by atoms with E-state index in [1.165, 1.54) is 50.5 Å². The van der Waals surface area contributed by atoms with Crippen LogP contribution >= 0.6 is 0 Å². The number of nitrogens with zero attached hydrogens (tertiary/aromatic N) is 4. The lowest BCUT2D eigenvalue weighted by Gasteiger charge is -2.21. The van der Waals surface area contributed by atoms with Crippen molar-refractivity contribution in [2.45, 2.75) is 139 Å². The van der Waals surface area contributed by atoms with Crippen molar-refractivity contribution in [1.29, 1.82) is 0 Å². The van der Waals surface area contributed by atoms with E-state index in [0.29, 0.717) is 29.9 Å². The number of hydrogen-bond donors (Lipinski definition) is 1. The van der Waals surface area contributed by atoms with E-state index in [0.717, 1.165) is 68.6 Å². The summed E-state index contributed by atoms with van der Waals surface area (Å²) in [5.74, 6) is 0.841. The highest BCUT2D eigenvalue weighted by atomic mass is 16.3. The molecule has 1 fully saturated rings. The zero-order valence-corrected chi connectivity index (χ0v) is 37.2. The fourth-order valence-corrected chi connectivity index (χ4v) is 8.04. The van der Waals surface area contributed by atoms with Gasteiger partial charge in [0.1, 0.15) is 17.7 Å². The quantitative estimate of drug-likeness (QED) is 0.135. The van der Waals surface area contributed by atoms with Crippen LogP contribution in [-0.4, -0.2) is 42.4 Å². The standard InChI is InChI=1S/C27H32N2O2.C27H28N2O2.2CH4/c2*1-27(2,3)25(30)15-18-9-11-20(12-10-18)26(31)21-13-14-22-23(16-21)29-24(17-28-22)19-7-5-4-6-8-19;;/h9-14,16-17,19,26,31H,4-8,15H2,1-3H3;7,9-14,16-17H,4-6,8,15H2,1-3H3;2*1H4. The van der Waals surface area contributed by atoms with Gasteiger partial charge in [0.2, 0.25) is 0 Å². The van der Waals surface area contributed by atoms with Crippen molar-refractivity contribution in [3.05, 3.63) is 148 Å². The Balaban J connectivity index is 0.000000234. The molecule has 1 atom stereocenters. The number of carbonyl (C=O) groups excluding carboxylic acids is 3. The largest absolute Gasteiger partial charge is 0.384 e. The van der Waals surface area contributed by atoms with Crippen molar-refractivity contribution in [2.24, 2.45) is 10.8 Å². The van der Waals surface area contributed by atoms with Gasteiger partial charge in [-0.1, -0.05) is 136 Å². The molecule has 2 heterocycles. The Bertz CT molecular complexity index is 2590. The Labute approximate surface area is 381 Å². The summed E-state index contributed by atoms with van der Waals surface area (Å²) in [6.45, 7) is 11.6. The van der Waals surface area contributed by atoms with Crippen LogP contribution in [0.1, 0.15) is 176 Å². The maximum atomic E-state index is 13.0. The molecule has 8 rings (SSSR count). The summed E-state index contributed by atoms with van der Waals surface area (Å²) in [5, 5.41) is 11.0. The lowest BCUT2D eigenvalue weighted by molar-refractivity contribution is -0.126. The third kappa shape index (κ3) is 12.3. The number of Topliss-reactive ketones (excluding diaryl/α,β-unsaturated/α-hetero) is 2. The molecular weight excluding hydrogens is 793 g/mol. The van der Waals surface area contributed by atoms with Gasteiger partial charge in [-0.15, -0.1) is 0 Å². The summed E-state index contributed by atoms with van der Waals surface area (Å²) in [7, 11) is 0. The first kappa shape index (κ1) is 49.3. The minimum Gasteiger partial charge on any atom is -0.384 e. The molecule has 1 saturated carbocycles. The third-order valence-corrected chi connectivity index (χ3v) is 12.3. The van der Waals surface area contributed by atoms with Crippen molar-refractivity contribution in [2.75, 3.05) is 0 Å². The van der Waals surface area contributed by atoms with Gasteiger partial charge in [0.15, 0.2) is 5.78 Å². The van der Waals surface area contributed by atoms with Crippen LogP contribution in [0.4, 0.5) is 0 Å². The molecule has 2 aromatic heterocycles. The normalized spacial score (nSPS) is 14.9. The van der Waals surface area contributed by atoms with Crippen molar-refractivity contribution < 1.29 is 19.5 Å². The summed E-state index contributed by atoms with van der Waals surface area (Å²) in [4.78, 5) is 56.4. The number of rotatable bonds is 10. The minimum atomic E-state index is -0.739. The van der Waals surface area contributed by atoms with Crippen molar-refractivity contribution in [3.8, 4) is 0 Å². The monoisotopic (exact) mass is 861 g/mol. The summed E-state index contributed by atoms with van der Waals surface area (Å²) < 4.78 is 0. The smallest absolute Gasteiger partial charge is 0.193 e. The molecule has 8 nitrogen and oxygen atoms in total. The molecule has 1 unspecified atom stereocenters. The van der Waals surface area contributed by atoms with Gasteiger partial charge >= 0.3 is 0 Å². The van der Waals surface area contributed by atoms with E-state index in [1.54, 1.807) is 18.2 Å². The molecule has 1 N–H and O–H groups in total. The van der Waals surface area contributed by atoms with Gasteiger partial charge in [-0.2, -0.15) is 0 Å². The molecule has 336 valence electrons. The molecule has 6 aromatic rings. The molecule has 2 aliphatic carbocycles. The van der Waals surface area contributed by atoms with Crippen molar-refractivity contribution >= 4 is 45.0 Å². The number of aromatic nitrogens is 4. The molecule has 64 heavy (non-hydrogen) atoms. The molecule has 0 spiro atoms. The predicted octanol–water partition coefficient (Wildman–Crippen LogP) is 13.2. The molecule has 0 amide bonds. The van der Waals surface area contributed by atoms with Gasteiger partial charge in [-0.3, -0.25) is 24.4 Å². The molecule has 2 aliphatic rings. The molecular formula is C56H68N4O4. The SMILES string of the molecule is C.C.CC(C)(C)C(=O)Cc1ccc(C(=O)c2ccc3ncc(C4=CCCCC4)nc3c2)cc1.CC(C)(C)C(=O)Cc1ccc(C(O)c2ccc3ncc(C4CCCCC4)nc3c2)cc1. The van der Waals surface area contributed by atoms with Crippen LogP contribution in [0.5, 0.6) is 0 Å². The Hall–Kier alpha value is -5.73. The van der Waals surface area contributed by atoms with E-state index in [-0.39, 0.29) is 43.0 Å². The Morgan fingerprint density at radius 1 is 0.609 bits per heavy atom. The zero-order chi connectivity index (χ0) is 44.0. The summed E-state index contributed by atoms with van der Waals surface area (Å²) in [6.07, 6.45) is 16.8. The third-order valence-electron chi connectivity index (χ3n) is 12.3. The summed E-state index contributed by atoms with van der Waals surface area (Å²) in [6, 6.07) is 26.3. The van der Waals surface area contributed by atoms with Crippen LogP contribution in [-0.2, 0) is 22.4 Å².